The molecule has 0 amide bonds. The highest BCUT2D eigenvalue weighted by atomic mass is 79.9. The molecule has 1 aromatic heterocycles. The van der Waals surface area contributed by atoms with Gasteiger partial charge in [-0.3, -0.25) is 0 Å². The van der Waals surface area contributed by atoms with E-state index in [-0.39, 0.29) is 4.90 Å². The zero-order chi connectivity index (χ0) is 15.6. The number of hydrogen-bond donors (Lipinski definition) is 2. The van der Waals surface area contributed by atoms with Gasteiger partial charge in [0.2, 0.25) is 10.0 Å². The monoisotopic (exact) mass is 388 g/mol. The van der Waals surface area contributed by atoms with E-state index >= 15 is 0 Å². The Kier molecular flexibility index (Phi) is 5.21. The Morgan fingerprint density at radius 1 is 1.29 bits per heavy atom. The molecule has 0 aliphatic carbocycles. The highest BCUT2D eigenvalue weighted by Gasteiger charge is 2.20. The SMILES string of the molecule is Cc1ccsc1CNS(=O)(=O)c1cc(CN)cc(C)c1Br. The zero-order valence-electron chi connectivity index (χ0n) is 11.8. The summed E-state index contributed by atoms with van der Waals surface area (Å²) in [5.41, 5.74) is 8.36. The first kappa shape index (κ1) is 16.6. The molecule has 0 radical (unpaired) electrons. The summed E-state index contributed by atoms with van der Waals surface area (Å²) in [4.78, 5) is 1.25. The molecule has 1 heterocycles. The van der Waals surface area contributed by atoms with Gasteiger partial charge in [-0.25, -0.2) is 13.1 Å². The molecule has 7 heteroatoms. The van der Waals surface area contributed by atoms with Gasteiger partial charge in [0.1, 0.15) is 0 Å². The molecule has 0 atom stereocenters. The molecule has 2 rings (SSSR count). The van der Waals surface area contributed by atoms with Gasteiger partial charge in [-0.05, 0) is 64.0 Å². The van der Waals surface area contributed by atoms with Crippen LogP contribution in [0, 0.1) is 13.8 Å². The summed E-state index contributed by atoms with van der Waals surface area (Å²) in [6, 6.07) is 5.47. The van der Waals surface area contributed by atoms with Crippen LogP contribution in [0.4, 0.5) is 0 Å². The van der Waals surface area contributed by atoms with Crippen LogP contribution < -0.4 is 10.5 Å². The van der Waals surface area contributed by atoms with E-state index in [0.29, 0.717) is 17.6 Å². The first-order valence-electron chi connectivity index (χ1n) is 6.37. The van der Waals surface area contributed by atoms with Crippen LogP contribution in [-0.2, 0) is 23.1 Å². The van der Waals surface area contributed by atoms with Gasteiger partial charge < -0.3 is 5.73 Å². The second-order valence-corrected chi connectivity index (χ2v) is 8.31. The second-order valence-electron chi connectivity index (χ2n) is 4.78. The maximum absolute atomic E-state index is 12.5. The number of benzene rings is 1. The van der Waals surface area contributed by atoms with E-state index in [2.05, 4.69) is 20.7 Å². The van der Waals surface area contributed by atoms with Crippen molar-refractivity contribution in [2.75, 3.05) is 0 Å². The molecule has 0 fully saturated rings. The third-order valence-corrected chi connectivity index (χ3v) is 6.96. The molecule has 114 valence electrons. The summed E-state index contributed by atoms with van der Waals surface area (Å²) in [6.07, 6.45) is 0. The molecule has 21 heavy (non-hydrogen) atoms. The quantitative estimate of drug-likeness (QED) is 0.826. The lowest BCUT2D eigenvalue weighted by atomic mass is 10.1. The van der Waals surface area contributed by atoms with Crippen LogP contribution in [0.25, 0.3) is 0 Å². The smallest absolute Gasteiger partial charge is 0.242 e. The van der Waals surface area contributed by atoms with Crippen molar-refractivity contribution in [3.63, 3.8) is 0 Å². The third-order valence-electron chi connectivity index (χ3n) is 3.20. The number of rotatable bonds is 5. The van der Waals surface area contributed by atoms with Crippen LogP contribution in [0.15, 0.2) is 32.9 Å². The van der Waals surface area contributed by atoms with Gasteiger partial charge in [-0.15, -0.1) is 11.3 Å². The standard InChI is InChI=1S/C14H17BrN2O2S2/c1-9-3-4-20-12(9)8-17-21(18,19)13-6-11(7-16)5-10(2)14(13)15/h3-6,17H,7-8,16H2,1-2H3. The van der Waals surface area contributed by atoms with Gasteiger partial charge in [-0.2, -0.15) is 0 Å². The maximum Gasteiger partial charge on any atom is 0.242 e. The summed E-state index contributed by atoms with van der Waals surface area (Å²) in [5.74, 6) is 0. The maximum atomic E-state index is 12.5. The first-order chi connectivity index (χ1) is 9.85. The minimum atomic E-state index is -3.58. The van der Waals surface area contributed by atoms with Crippen molar-refractivity contribution >= 4 is 37.3 Å². The fourth-order valence-corrected chi connectivity index (χ4v) is 4.94. The predicted molar refractivity (Wildman–Crippen MR) is 89.9 cm³/mol. The summed E-state index contributed by atoms with van der Waals surface area (Å²) < 4.78 is 28.2. The number of thiophene rings is 1. The molecule has 0 aliphatic heterocycles. The molecule has 0 aliphatic rings. The number of halogens is 1. The van der Waals surface area contributed by atoms with Gasteiger partial charge >= 0.3 is 0 Å². The Morgan fingerprint density at radius 3 is 2.57 bits per heavy atom. The molecule has 3 N–H and O–H groups in total. The van der Waals surface area contributed by atoms with Gasteiger partial charge in [0.05, 0.1) is 4.90 Å². The highest BCUT2D eigenvalue weighted by molar-refractivity contribution is 9.10. The molecule has 4 nitrogen and oxygen atoms in total. The lowest BCUT2D eigenvalue weighted by Crippen LogP contribution is -2.24. The van der Waals surface area contributed by atoms with Gasteiger partial charge in [0, 0.05) is 22.4 Å². The minimum absolute atomic E-state index is 0.233. The average Bonchev–Trinajstić information content (AvgIpc) is 2.84. The van der Waals surface area contributed by atoms with Gasteiger partial charge in [0.15, 0.2) is 0 Å². The number of nitrogens with one attached hydrogen (secondary N) is 1. The Hall–Kier alpha value is -0.730. The fraction of sp³-hybridized carbons (Fsp3) is 0.286. The first-order valence-corrected chi connectivity index (χ1v) is 9.52. The van der Waals surface area contributed by atoms with Crippen molar-refractivity contribution in [3.05, 3.63) is 49.6 Å². The normalized spacial score (nSPS) is 11.8. The van der Waals surface area contributed by atoms with Crippen molar-refractivity contribution in [2.45, 2.75) is 31.8 Å². The Morgan fingerprint density at radius 2 is 2.00 bits per heavy atom. The van der Waals surface area contributed by atoms with Crippen LogP contribution in [0.2, 0.25) is 0 Å². The molecule has 0 spiro atoms. The number of nitrogens with two attached hydrogens (primary N) is 1. The Balaban J connectivity index is 2.31. The molecular weight excluding hydrogens is 372 g/mol. The summed E-state index contributed by atoms with van der Waals surface area (Å²) in [7, 11) is -3.58. The highest BCUT2D eigenvalue weighted by Crippen LogP contribution is 2.27. The van der Waals surface area contributed by atoms with Gasteiger partial charge in [0.25, 0.3) is 0 Å². The van der Waals surface area contributed by atoms with Crippen molar-refractivity contribution in [1.82, 2.24) is 4.72 Å². The summed E-state index contributed by atoms with van der Waals surface area (Å²) in [5, 5.41) is 1.95. The third kappa shape index (κ3) is 3.73. The number of aryl methyl sites for hydroxylation is 2. The van der Waals surface area contributed by atoms with Crippen molar-refractivity contribution in [2.24, 2.45) is 5.73 Å². The van der Waals surface area contributed by atoms with Crippen LogP contribution in [0.1, 0.15) is 21.6 Å². The lowest BCUT2D eigenvalue weighted by molar-refractivity contribution is 0.581. The van der Waals surface area contributed by atoms with Crippen molar-refractivity contribution in [3.8, 4) is 0 Å². The topological polar surface area (TPSA) is 72.2 Å². The molecule has 1 aromatic carbocycles. The predicted octanol–water partition coefficient (Wildman–Crippen LogP) is 3.06. The van der Waals surface area contributed by atoms with E-state index in [1.54, 1.807) is 17.4 Å². The van der Waals surface area contributed by atoms with Crippen LogP contribution >= 0.6 is 27.3 Å². The molecular formula is C14H17BrN2O2S2. The van der Waals surface area contributed by atoms with E-state index in [4.69, 9.17) is 5.73 Å². The Labute approximate surface area is 137 Å². The molecule has 0 saturated heterocycles. The van der Waals surface area contributed by atoms with Gasteiger partial charge in [-0.1, -0.05) is 6.07 Å². The Bertz CT molecular complexity index is 754. The van der Waals surface area contributed by atoms with E-state index in [9.17, 15) is 8.42 Å². The second kappa shape index (κ2) is 6.58. The number of hydrogen-bond acceptors (Lipinski definition) is 4. The lowest BCUT2D eigenvalue weighted by Gasteiger charge is -2.12. The number of sulfonamides is 1. The summed E-state index contributed by atoms with van der Waals surface area (Å²) in [6.45, 7) is 4.42. The summed E-state index contributed by atoms with van der Waals surface area (Å²) >= 11 is 4.90. The van der Waals surface area contributed by atoms with Crippen LogP contribution in [-0.4, -0.2) is 8.42 Å². The minimum Gasteiger partial charge on any atom is -0.326 e. The molecule has 0 unspecified atom stereocenters. The van der Waals surface area contributed by atoms with Crippen molar-refractivity contribution in [1.29, 1.82) is 0 Å². The molecule has 2 aromatic rings. The van der Waals surface area contributed by atoms with Crippen molar-refractivity contribution < 1.29 is 8.42 Å². The van der Waals surface area contributed by atoms with E-state index in [0.717, 1.165) is 21.6 Å². The fourth-order valence-electron chi connectivity index (χ4n) is 1.95. The van der Waals surface area contributed by atoms with Crippen LogP contribution in [0.3, 0.4) is 0 Å². The van der Waals surface area contributed by atoms with E-state index < -0.39 is 10.0 Å². The average molecular weight is 389 g/mol. The zero-order valence-corrected chi connectivity index (χ0v) is 15.0. The largest absolute Gasteiger partial charge is 0.326 e. The van der Waals surface area contributed by atoms with E-state index in [1.807, 2.05) is 31.4 Å². The molecule has 0 bridgehead atoms. The van der Waals surface area contributed by atoms with Crippen LogP contribution in [0.5, 0.6) is 0 Å². The van der Waals surface area contributed by atoms with E-state index in [1.165, 1.54) is 0 Å². The molecule has 0 saturated carbocycles.